The van der Waals surface area contributed by atoms with Crippen molar-refractivity contribution in [2.24, 2.45) is 5.92 Å². The van der Waals surface area contributed by atoms with Crippen LogP contribution in [-0.4, -0.2) is 43.0 Å². The second kappa shape index (κ2) is 8.15. The first-order chi connectivity index (χ1) is 10.1. The van der Waals surface area contributed by atoms with Crippen LogP contribution < -0.4 is 10.6 Å². The molecule has 0 aromatic heterocycles. The Hall–Kier alpha value is -1.39. The zero-order valence-electron chi connectivity index (χ0n) is 13.1. The van der Waals surface area contributed by atoms with Gasteiger partial charge in [0, 0.05) is 25.7 Å². The van der Waals surface area contributed by atoms with Crippen molar-refractivity contribution in [1.82, 2.24) is 15.5 Å². The molecule has 1 atom stereocenters. The van der Waals surface area contributed by atoms with Crippen LogP contribution in [0.3, 0.4) is 0 Å². The van der Waals surface area contributed by atoms with Crippen LogP contribution in [0.1, 0.15) is 25.8 Å². The molecule has 0 saturated carbocycles. The van der Waals surface area contributed by atoms with Gasteiger partial charge in [-0.3, -0.25) is 9.69 Å². The Labute approximate surface area is 127 Å². The van der Waals surface area contributed by atoms with Gasteiger partial charge in [0.2, 0.25) is 5.91 Å². The van der Waals surface area contributed by atoms with Gasteiger partial charge in [0.25, 0.3) is 0 Å². The Kier molecular flexibility index (Phi) is 6.21. The highest BCUT2D eigenvalue weighted by atomic mass is 16.2. The van der Waals surface area contributed by atoms with Crippen LogP contribution in [0.5, 0.6) is 0 Å². The van der Waals surface area contributed by atoms with Gasteiger partial charge in [-0.15, -0.1) is 0 Å². The van der Waals surface area contributed by atoms with Crippen molar-refractivity contribution in [1.29, 1.82) is 0 Å². The van der Waals surface area contributed by atoms with Gasteiger partial charge in [-0.25, -0.2) is 0 Å². The second-order valence-electron chi connectivity index (χ2n) is 6.30. The van der Waals surface area contributed by atoms with Crippen LogP contribution in [0.2, 0.25) is 0 Å². The van der Waals surface area contributed by atoms with Crippen molar-refractivity contribution in [3.63, 3.8) is 0 Å². The smallest absolute Gasteiger partial charge is 0.234 e. The summed E-state index contributed by atoms with van der Waals surface area (Å²) >= 11 is 0. The molecule has 21 heavy (non-hydrogen) atoms. The Balaban J connectivity index is 1.67. The standard InChI is InChI=1S/C17H27N3O/c1-14(2)10-18-11-17(21)19-16-8-9-20(13-16)12-15-6-4-3-5-7-15/h3-7,14,16,18H,8-13H2,1-2H3,(H,19,21). The first-order valence-corrected chi connectivity index (χ1v) is 7.90. The van der Waals surface area contributed by atoms with E-state index >= 15 is 0 Å². The topological polar surface area (TPSA) is 44.4 Å². The van der Waals surface area contributed by atoms with Crippen molar-refractivity contribution in [2.75, 3.05) is 26.2 Å². The van der Waals surface area contributed by atoms with E-state index in [1.54, 1.807) is 0 Å². The molecule has 0 aliphatic carbocycles. The summed E-state index contributed by atoms with van der Waals surface area (Å²) in [5.41, 5.74) is 1.34. The van der Waals surface area contributed by atoms with E-state index in [4.69, 9.17) is 0 Å². The predicted octanol–water partition coefficient (Wildman–Crippen LogP) is 1.62. The molecule has 1 amide bonds. The third kappa shape index (κ3) is 5.86. The maximum atomic E-state index is 11.9. The minimum Gasteiger partial charge on any atom is -0.351 e. The van der Waals surface area contributed by atoms with E-state index in [0.717, 1.165) is 32.6 Å². The largest absolute Gasteiger partial charge is 0.351 e. The molecular formula is C17H27N3O. The SMILES string of the molecule is CC(C)CNCC(=O)NC1CCN(Cc2ccccc2)C1. The Morgan fingerprint density at radius 2 is 2.10 bits per heavy atom. The number of benzene rings is 1. The average Bonchev–Trinajstić information content (AvgIpc) is 2.86. The molecule has 2 N–H and O–H groups in total. The number of nitrogens with one attached hydrogen (secondary N) is 2. The zero-order chi connectivity index (χ0) is 15.1. The minimum absolute atomic E-state index is 0.113. The minimum atomic E-state index is 0.113. The van der Waals surface area contributed by atoms with Crippen LogP contribution >= 0.6 is 0 Å². The van der Waals surface area contributed by atoms with Gasteiger partial charge in [0.05, 0.1) is 6.54 Å². The van der Waals surface area contributed by atoms with Gasteiger partial charge in [-0.05, 0) is 24.4 Å². The number of carbonyl (C=O) groups excluding carboxylic acids is 1. The van der Waals surface area contributed by atoms with Crippen molar-refractivity contribution in [3.05, 3.63) is 35.9 Å². The van der Waals surface area contributed by atoms with Crippen molar-refractivity contribution >= 4 is 5.91 Å². The molecular weight excluding hydrogens is 262 g/mol. The van der Waals surface area contributed by atoms with Gasteiger partial charge in [0.15, 0.2) is 0 Å². The molecule has 1 aromatic carbocycles. The van der Waals surface area contributed by atoms with Crippen molar-refractivity contribution in [2.45, 2.75) is 32.9 Å². The lowest BCUT2D eigenvalue weighted by Crippen LogP contribution is -2.42. The van der Waals surface area contributed by atoms with Crippen LogP contribution in [0.25, 0.3) is 0 Å². The maximum Gasteiger partial charge on any atom is 0.234 e. The number of nitrogens with zero attached hydrogens (tertiary/aromatic N) is 1. The summed E-state index contributed by atoms with van der Waals surface area (Å²) in [6, 6.07) is 10.8. The number of hydrogen-bond acceptors (Lipinski definition) is 3. The number of carbonyl (C=O) groups is 1. The molecule has 1 aromatic rings. The second-order valence-corrected chi connectivity index (χ2v) is 6.30. The Morgan fingerprint density at radius 1 is 1.33 bits per heavy atom. The highest BCUT2D eigenvalue weighted by Crippen LogP contribution is 2.13. The van der Waals surface area contributed by atoms with E-state index in [1.165, 1.54) is 5.56 Å². The lowest BCUT2D eigenvalue weighted by atomic mass is 10.2. The molecule has 1 fully saturated rings. The van der Waals surface area contributed by atoms with Gasteiger partial charge < -0.3 is 10.6 Å². The van der Waals surface area contributed by atoms with E-state index in [1.807, 2.05) is 6.07 Å². The molecule has 1 unspecified atom stereocenters. The summed E-state index contributed by atoms with van der Waals surface area (Å²) in [7, 11) is 0. The third-order valence-electron chi connectivity index (χ3n) is 3.72. The molecule has 1 heterocycles. The van der Waals surface area contributed by atoms with Crippen molar-refractivity contribution in [3.8, 4) is 0 Å². The Morgan fingerprint density at radius 3 is 2.81 bits per heavy atom. The fourth-order valence-corrected chi connectivity index (χ4v) is 2.69. The molecule has 0 bridgehead atoms. The lowest BCUT2D eigenvalue weighted by molar-refractivity contribution is -0.120. The maximum absolute atomic E-state index is 11.9. The molecule has 2 rings (SSSR count). The van der Waals surface area contributed by atoms with E-state index in [2.05, 4.69) is 53.6 Å². The first kappa shape index (κ1) is 16.0. The quantitative estimate of drug-likeness (QED) is 0.802. The third-order valence-corrected chi connectivity index (χ3v) is 3.72. The van der Waals surface area contributed by atoms with E-state index in [9.17, 15) is 4.79 Å². The summed E-state index contributed by atoms with van der Waals surface area (Å²) in [6.45, 7) is 8.57. The molecule has 0 radical (unpaired) electrons. The normalized spacial score (nSPS) is 19.1. The molecule has 4 nitrogen and oxygen atoms in total. The summed E-state index contributed by atoms with van der Waals surface area (Å²) in [5, 5.41) is 6.31. The highest BCUT2D eigenvalue weighted by molar-refractivity contribution is 5.78. The summed E-state index contributed by atoms with van der Waals surface area (Å²) in [6.07, 6.45) is 1.04. The van der Waals surface area contributed by atoms with E-state index in [-0.39, 0.29) is 5.91 Å². The van der Waals surface area contributed by atoms with E-state index in [0.29, 0.717) is 18.5 Å². The van der Waals surface area contributed by atoms with Crippen LogP contribution in [0.15, 0.2) is 30.3 Å². The molecule has 1 aliphatic heterocycles. The number of likely N-dealkylation sites (tertiary alicyclic amines) is 1. The zero-order valence-corrected chi connectivity index (χ0v) is 13.1. The molecule has 116 valence electrons. The molecule has 4 heteroatoms. The number of hydrogen-bond donors (Lipinski definition) is 2. The molecule has 1 saturated heterocycles. The predicted molar refractivity (Wildman–Crippen MR) is 86.0 cm³/mol. The van der Waals surface area contributed by atoms with Gasteiger partial charge >= 0.3 is 0 Å². The summed E-state index contributed by atoms with van der Waals surface area (Å²) in [4.78, 5) is 14.3. The fourth-order valence-electron chi connectivity index (χ4n) is 2.69. The monoisotopic (exact) mass is 289 g/mol. The van der Waals surface area contributed by atoms with Gasteiger partial charge in [0.1, 0.15) is 0 Å². The van der Waals surface area contributed by atoms with Gasteiger partial charge in [-0.1, -0.05) is 44.2 Å². The van der Waals surface area contributed by atoms with E-state index < -0.39 is 0 Å². The number of rotatable bonds is 7. The van der Waals surface area contributed by atoms with Crippen LogP contribution in [0, 0.1) is 5.92 Å². The average molecular weight is 289 g/mol. The van der Waals surface area contributed by atoms with Crippen molar-refractivity contribution < 1.29 is 4.79 Å². The fraction of sp³-hybridized carbons (Fsp3) is 0.588. The molecule has 1 aliphatic rings. The lowest BCUT2D eigenvalue weighted by Gasteiger charge is -2.17. The number of amides is 1. The molecule has 0 spiro atoms. The Bertz CT molecular complexity index is 433. The summed E-state index contributed by atoms with van der Waals surface area (Å²) in [5.74, 6) is 0.688. The highest BCUT2D eigenvalue weighted by Gasteiger charge is 2.23. The first-order valence-electron chi connectivity index (χ1n) is 7.90. The van der Waals surface area contributed by atoms with Crippen LogP contribution in [0.4, 0.5) is 0 Å². The van der Waals surface area contributed by atoms with Crippen LogP contribution in [-0.2, 0) is 11.3 Å². The van der Waals surface area contributed by atoms with Gasteiger partial charge in [-0.2, -0.15) is 0 Å². The summed E-state index contributed by atoms with van der Waals surface area (Å²) < 4.78 is 0.